The minimum atomic E-state index is -3.93. The fraction of sp³-hybridized carbons (Fsp3) is 0.160. The molecule has 0 fully saturated rings. The number of aromatic amines is 1. The molecule has 7 heteroatoms. The van der Waals surface area contributed by atoms with Crippen LogP contribution >= 0.6 is 11.3 Å². The lowest BCUT2D eigenvalue weighted by atomic mass is 10.0. The molecule has 0 unspecified atom stereocenters. The lowest BCUT2D eigenvalue weighted by Crippen LogP contribution is -2.25. The second kappa shape index (κ2) is 9.03. The first kappa shape index (κ1) is 17.2. The molecule has 0 amide bonds. The summed E-state index contributed by atoms with van der Waals surface area (Å²) in [6.45, 7) is 1.50. The van der Waals surface area contributed by atoms with E-state index in [1.807, 2.05) is 24.3 Å². The molecule has 4 aromatic rings. The van der Waals surface area contributed by atoms with Crippen LogP contribution in [0.5, 0.6) is 0 Å². The molecule has 162 valence electrons. The Kier molecular flexibility index (Phi) is 4.87. The van der Waals surface area contributed by atoms with Crippen molar-refractivity contribution in [1.82, 2.24) is 4.98 Å². The van der Waals surface area contributed by atoms with Gasteiger partial charge in [0.15, 0.2) is 9.84 Å². The second-order valence-corrected chi connectivity index (χ2v) is 10.6. The van der Waals surface area contributed by atoms with E-state index in [1.54, 1.807) is 6.20 Å². The summed E-state index contributed by atoms with van der Waals surface area (Å²) in [6.07, 6.45) is 1.75. The van der Waals surface area contributed by atoms with E-state index in [2.05, 4.69) is 16.8 Å². The summed E-state index contributed by atoms with van der Waals surface area (Å²) >= 11 is 0.870. The van der Waals surface area contributed by atoms with Crippen LogP contribution in [0.15, 0.2) is 71.0 Å². The number of rotatable bonds is 6. The lowest BCUT2D eigenvalue weighted by molar-refractivity contribution is -0.140. The van der Waals surface area contributed by atoms with Crippen LogP contribution < -0.4 is 0 Å². The zero-order chi connectivity index (χ0) is 26.2. The number of carboxylic acid groups (broad SMARTS) is 1. The average molecular weight is 468 g/mol. The van der Waals surface area contributed by atoms with Crippen molar-refractivity contribution in [3.8, 4) is 11.8 Å². The first-order chi connectivity index (χ1) is 17.0. The maximum absolute atomic E-state index is 13.0. The van der Waals surface area contributed by atoms with Crippen LogP contribution in [0, 0.1) is 24.7 Å². The zero-order valence-electron chi connectivity index (χ0n) is 21.0. The molecule has 4 rings (SSSR count). The third-order valence-corrected chi connectivity index (χ3v) is 8.26. The van der Waals surface area contributed by atoms with Gasteiger partial charge >= 0.3 is 5.97 Å². The monoisotopic (exact) mass is 467 g/mol. The van der Waals surface area contributed by atoms with Crippen molar-refractivity contribution in [3.63, 3.8) is 0 Å². The predicted octanol–water partition coefficient (Wildman–Crippen LogP) is 4.65. The number of aromatic nitrogens is 1. The van der Waals surface area contributed by atoms with Gasteiger partial charge in [-0.15, -0.1) is 11.3 Å². The number of thiophene rings is 1. The number of hydrogen-bond acceptors (Lipinski definition) is 4. The lowest BCUT2D eigenvalue weighted by Gasteiger charge is -2.11. The van der Waals surface area contributed by atoms with Crippen molar-refractivity contribution in [3.05, 3.63) is 88.3 Å². The van der Waals surface area contributed by atoms with Gasteiger partial charge in [-0.05, 0) is 49.2 Å². The first-order valence-corrected chi connectivity index (χ1v) is 12.2. The van der Waals surface area contributed by atoms with E-state index in [0.717, 1.165) is 27.8 Å². The van der Waals surface area contributed by atoms with Gasteiger partial charge in [-0.1, -0.05) is 47.7 Å². The molecule has 2 aromatic carbocycles. The van der Waals surface area contributed by atoms with E-state index in [0.29, 0.717) is 4.88 Å². The van der Waals surface area contributed by atoms with Gasteiger partial charge < -0.3 is 10.1 Å². The van der Waals surface area contributed by atoms with E-state index >= 15 is 0 Å². The van der Waals surface area contributed by atoms with E-state index in [-0.39, 0.29) is 45.9 Å². The molecule has 2 N–H and O–H groups in total. The van der Waals surface area contributed by atoms with Gasteiger partial charge in [-0.3, -0.25) is 4.79 Å². The van der Waals surface area contributed by atoms with Gasteiger partial charge in [-0.2, -0.15) is 0 Å². The first-order valence-electron chi connectivity index (χ1n) is 11.7. The van der Waals surface area contributed by atoms with Gasteiger partial charge in [0.2, 0.25) is 0 Å². The summed E-state index contributed by atoms with van der Waals surface area (Å²) in [5.41, 5.74) is 1.72. The number of fused-ring (bicyclic) bond motifs is 1. The standard InChI is InChI=1S/C25H21NO4S2/c1-17-6-8-18(9-7-17)10-11-21-12-13-24(31-21)32(29,30)16-20(25(27)28)14-19-15-26-23-5-3-2-4-22(19)23/h2-9,12-13,15,20,26H,14,16H2,1H3,(H,27,28)/t20-/m1/s1/i6D,7D,8D,9D. The predicted molar refractivity (Wildman–Crippen MR) is 127 cm³/mol. The van der Waals surface area contributed by atoms with Crippen LogP contribution in [0.25, 0.3) is 10.9 Å². The number of nitrogens with one attached hydrogen (secondary N) is 1. The zero-order valence-corrected chi connectivity index (χ0v) is 18.7. The highest BCUT2D eigenvalue weighted by molar-refractivity contribution is 7.93. The van der Waals surface area contributed by atoms with Gasteiger partial charge in [0.05, 0.1) is 22.0 Å². The summed E-state index contributed by atoms with van der Waals surface area (Å²) in [4.78, 5) is 15.3. The highest BCUT2D eigenvalue weighted by atomic mass is 32.2. The molecule has 2 heterocycles. The number of benzene rings is 2. The molecule has 2 aromatic heterocycles. The maximum atomic E-state index is 13.0. The Labute approximate surface area is 196 Å². The largest absolute Gasteiger partial charge is 0.481 e. The maximum Gasteiger partial charge on any atom is 0.307 e. The van der Waals surface area contributed by atoms with Crippen molar-refractivity contribution in [2.45, 2.75) is 17.6 Å². The summed E-state index contributed by atoms with van der Waals surface area (Å²) in [7, 11) is -3.93. The number of carboxylic acids is 1. The number of H-pyrrole nitrogens is 1. The molecule has 0 aliphatic rings. The van der Waals surface area contributed by atoms with Crippen LogP contribution in [0.3, 0.4) is 0 Å². The Morgan fingerprint density at radius 1 is 1.16 bits per heavy atom. The minimum absolute atomic E-state index is 0.0274. The van der Waals surface area contributed by atoms with Crippen LogP contribution in [0.4, 0.5) is 0 Å². The molecular weight excluding hydrogens is 442 g/mol. The van der Waals surface area contributed by atoms with Crippen LogP contribution in [-0.2, 0) is 21.1 Å². The third-order valence-electron chi connectivity index (χ3n) is 4.86. The summed E-state index contributed by atoms with van der Waals surface area (Å²) in [6, 6.07) is 9.37. The van der Waals surface area contributed by atoms with E-state index in [4.69, 9.17) is 5.48 Å². The van der Waals surface area contributed by atoms with Crippen LogP contribution in [0.2, 0.25) is 0 Å². The number of aliphatic carboxylic acids is 1. The highest BCUT2D eigenvalue weighted by Gasteiger charge is 2.28. The molecule has 0 spiro atoms. The molecule has 0 aliphatic heterocycles. The highest BCUT2D eigenvalue weighted by Crippen LogP contribution is 2.26. The van der Waals surface area contributed by atoms with Crippen LogP contribution in [0.1, 0.15) is 27.1 Å². The molecule has 1 atom stereocenters. The van der Waals surface area contributed by atoms with Crippen molar-refractivity contribution in [2.75, 3.05) is 5.75 Å². The Morgan fingerprint density at radius 3 is 2.66 bits per heavy atom. The Balaban J connectivity index is 1.58. The van der Waals surface area contributed by atoms with E-state index in [9.17, 15) is 18.3 Å². The normalized spacial score (nSPS) is 14.0. The topological polar surface area (TPSA) is 87.2 Å². The molecule has 0 bridgehead atoms. The molecular formula is C25H21NO4S2. The van der Waals surface area contributed by atoms with Crippen molar-refractivity contribution in [2.24, 2.45) is 5.92 Å². The number of hydrogen-bond donors (Lipinski definition) is 2. The van der Waals surface area contributed by atoms with Gasteiger partial charge in [-0.25, -0.2) is 8.42 Å². The van der Waals surface area contributed by atoms with Crippen molar-refractivity contribution < 1.29 is 23.8 Å². The molecule has 0 aliphatic carbocycles. The summed E-state index contributed by atoms with van der Waals surface area (Å²) < 4.78 is 58.0. The SMILES string of the molecule is [2H]c1c([2H])c(C#Cc2ccc(S(=O)(=O)C[C@@H](Cc3c[nH]c4ccccc34)C(=O)O)s2)c([2H])c([2H])c1C. The van der Waals surface area contributed by atoms with E-state index < -0.39 is 27.5 Å². The molecule has 0 saturated heterocycles. The minimum Gasteiger partial charge on any atom is -0.481 e. The Morgan fingerprint density at radius 2 is 1.91 bits per heavy atom. The second-order valence-electron chi connectivity index (χ2n) is 7.25. The quantitative estimate of drug-likeness (QED) is 0.404. The Bertz CT molecular complexity index is 1630. The van der Waals surface area contributed by atoms with E-state index in [1.165, 1.54) is 19.1 Å². The van der Waals surface area contributed by atoms with Crippen molar-refractivity contribution in [1.29, 1.82) is 0 Å². The number of carbonyl (C=O) groups is 1. The third kappa shape index (κ3) is 4.93. The van der Waals surface area contributed by atoms with Crippen molar-refractivity contribution >= 4 is 38.0 Å². The van der Waals surface area contributed by atoms with Gasteiger partial charge in [0, 0.05) is 22.7 Å². The Hall–Kier alpha value is -3.34. The average Bonchev–Trinajstić information content (AvgIpc) is 3.49. The molecule has 0 saturated carbocycles. The number of para-hydroxylation sites is 1. The summed E-state index contributed by atoms with van der Waals surface area (Å²) in [5.74, 6) is 2.41. The molecule has 5 nitrogen and oxygen atoms in total. The van der Waals surface area contributed by atoms with Gasteiger partial charge in [0.25, 0.3) is 0 Å². The molecule has 0 radical (unpaired) electrons. The molecule has 32 heavy (non-hydrogen) atoms. The smallest absolute Gasteiger partial charge is 0.307 e. The van der Waals surface area contributed by atoms with Gasteiger partial charge in [0.1, 0.15) is 4.21 Å². The summed E-state index contributed by atoms with van der Waals surface area (Å²) in [5, 5.41) is 10.6. The van der Waals surface area contributed by atoms with Crippen LogP contribution in [-0.4, -0.2) is 30.2 Å². The fourth-order valence-electron chi connectivity index (χ4n) is 3.25. The fourth-order valence-corrected chi connectivity index (χ4v) is 6.05. The number of sulfone groups is 1.